The molecular weight excluding hydrogens is 192 g/mol. The van der Waals surface area contributed by atoms with E-state index >= 15 is 0 Å². The van der Waals surface area contributed by atoms with Crippen LogP contribution in [0.2, 0.25) is 0 Å². The molecule has 1 fully saturated rings. The van der Waals surface area contributed by atoms with Crippen LogP contribution in [0.25, 0.3) is 0 Å². The van der Waals surface area contributed by atoms with Crippen molar-refractivity contribution in [3.05, 3.63) is 0 Å². The number of rotatable bonds is 8. The molecule has 0 radical (unpaired) electrons. The first kappa shape index (κ1) is 14.1. The number of hydrogen-bond acceptors (Lipinski definition) is 0. The maximum Gasteiger partial charge on any atom is -0.0414 e. The molecule has 0 aliphatic heterocycles. The van der Waals surface area contributed by atoms with Gasteiger partial charge in [-0.2, -0.15) is 0 Å². The molecule has 16 heavy (non-hydrogen) atoms. The van der Waals surface area contributed by atoms with Gasteiger partial charge in [-0.3, -0.25) is 0 Å². The molecule has 1 saturated carbocycles. The molecule has 1 atom stereocenters. The Bertz CT molecular complexity index is 144. The van der Waals surface area contributed by atoms with Crippen LogP contribution >= 0.6 is 0 Å². The molecule has 0 aromatic heterocycles. The summed E-state index contributed by atoms with van der Waals surface area (Å²) in [5.41, 5.74) is 0. The fourth-order valence-corrected chi connectivity index (χ4v) is 3.22. The second-order valence-corrected chi connectivity index (χ2v) is 5.85. The predicted octanol–water partition coefficient (Wildman–Crippen LogP) is 5.95. The number of unbranched alkanes of at least 4 members (excludes halogenated alkanes) is 1. The van der Waals surface area contributed by atoms with E-state index in [1.54, 1.807) is 0 Å². The van der Waals surface area contributed by atoms with Crippen LogP contribution < -0.4 is 0 Å². The van der Waals surface area contributed by atoms with E-state index < -0.39 is 0 Å². The fourth-order valence-electron chi connectivity index (χ4n) is 3.22. The minimum Gasteiger partial charge on any atom is -0.0654 e. The van der Waals surface area contributed by atoms with Gasteiger partial charge in [0, 0.05) is 0 Å². The lowest BCUT2D eigenvalue weighted by atomic mass is 9.84. The van der Waals surface area contributed by atoms with Crippen molar-refractivity contribution in [3.63, 3.8) is 0 Å². The van der Waals surface area contributed by atoms with Crippen molar-refractivity contribution < 1.29 is 0 Å². The zero-order valence-corrected chi connectivity index (χ0v) is 11.6. The van der Waals surface area contributed by atoms with Crippen LogP contribution in [0.4, 0.5) is 0 Å². The summed E-state index contributed by atoms with van der Waals surface area (Å²) in [6.07, 6.45) is 17.9. The minimum absolute atomic E-state index is 1.03. The molecule has 0 spiro atoms. The molecule has 0 nitrogen and oxygen atoms in total. The van der Waals surface area contributed by atoms with Gasteiger partial charge in [0.25, 0.3) is 0 Å². The van der Waals surface area contributed by atoms with Crippen LogP contribution in [0.5, 0.6) is 0 Å². The van der Waals surface area contributed by atoms with Gasteiger partial charge in [-0.05, 0) is 11.8 Å². The molecule has 0 heterocycles. The van der Waals surface area contributed by atoms with Crippen molar-refractivity contribution in [2.75, 3.05) is 0 Å². The highest BCUT2D eigenvalue weighted by atomic mass is 14.2. The van der Waals surface area contributed by atoms with Crippen molar-refractivity contribution >= 4 is 0 Å². The highest BCUT2D eigenvalue weighted by Gasteiger charge is 2.13. The first-order chi connectivity index (χ1) is 7.86. The highest BCUT2D eigenvalue weighted by molar-refractivity contribution is 4.67. The lowest BCUT2D eigenvalue weighted by Crippen LogP contribution is -2.07. The Hall–Kier alpha value is 0. The topological polar surface area (TPSA) is 0 Å². The summed E-state index contributed by atoms with van der Waals surface area (Å²) < 4.78 is 0. The average molecular weight is 224 g/mol. The Kier molecular flexibility index (Phi) is 7.98. The fraction of sp³-hybridized carbons (Fsp3) is 1.00. The normalized spacial score (nSPS) is 19.9. The van der Waals surface area contributed by atoms with Crippen LogP contribution in [0, 0.1) is 11.8 Å². The largest absolute Gasteiger partial charge is 0.0654 e. The highest BCUT2D eigenvalue weighted by Crippen LogP contribution is 2.29. The Morgan fingerprint density at radius 3 is 2.25 bits per heavy atom. The van der Waals surface area contributed by atoms with Gasteiger partial charge in [0.05, 0.1) is 0 Å². The van der Waals surface area contributed by atoms with Crippen LogP contribution in [0.3, 0.4) is 0 Å². The zero-order valence-electron chi connectivity index (χ0n) is 11.6. The third-order valence-electron chi connectivity index (χ3n) is 4.49. The number of hydrogen-bond donors (Lipinski definition) is 0. The third kappa shape index (κ3) is 5.92. The Morgan fingerprint density at radius 1 is 0.938 bits per heavy atom. The smallest absolute Gasteiger partial charge is 0.0414 e. The van der Waals surface area contributed by atoms with Gasteiger partial charge in [-0.1, -0.05) is 90.9 Å². The lowest BCUT2D eigenvalue weighted by molar-refractivity contribution is 0.311. The van der Waals surface area contributed by atoms with E-state index in [0.717, 1.165) is 11.8 Å². The standard InChI is InChI=1S/C16H32/c1-3-5-10-15(4-2)13-9-14-16-11-7-6-8-12-16/h15-16H,3-14H2,1-2H3. The second kappa shape index (κ2) is 9.07. The summed E-state index contributed by atoms with van der Waals surface area (Å²) in [6, 6.07) is 0. The van der Waals surface area contributed by atoms with Gasteiger partial charge in [-0.15, -0.1) is 0 Å². The van der Waals surface area contributed by atoms with Crippen molar-refractivity contribution in [3.8, 4) is 0 Å². The van der Waals surface area contributed by atoms with Gasteiger partial charge >= 0.3 is 0 Å². The molecular formula is C16H32. The van der Waals surface area contributed by atoms with Crippen LogP contribution in [-0.4, -0.2) is 0 Å². The van der Waals surface area contributed by atoms with E-state index in [2.05, 4.69) is 13.8 Å². The van der Waals surface area contributed by atoms with Crippen molar-refractivity contribution in [1.29, 1.82) is 0 Å². The zero-order chi connectivity index (χ0) is 11.6. The van der Waals surface area contributed by atoms with Gasteiger partial charge in [-0.25, -0.2) is 0 Å². The van der Waals surface area contributed by atoms with Crippen molar-refractivity contribution in [2.24, 2.45) is 11.8 Å². The molecule has 0 aromatic rings. The molecule has 0 N–H and O–H groups in total. The van der Waals surface area contributed by atoms with Gasteiger partial charge < -0.3 is 0 Å². The Balaban J connectivity index is 2.02. The summed E-state index contributed by atoms with van der Waals surface area (Å²) in [5.74, 6) is 2.13. The molecule has 0 saturated heterocycles. The van der Waals surface area contributed by atoms with Crippen molar-refractivity contribution in [1.82, 2.24) is 0 Å². The Labute approximate surface area is 103 Å². The van der Waals surface area contributed by atoms with E-state index in [0.29, 0.717) is 0 Å². The maximum atomic E-state index is 2.38. The van der Waals surface area contributed by atoms with E-state index in [-0.39, 0.29) is 0 Å². The monoisotopic (exact) mass is 224 g/mol. The molecule has 96 valence electrons. The minimum atomic E-state index is 1.03. The second-order valence-electron chi connectivity index (χ2n) is 5.85. The quantitative estimate of drug-likeness (QED) is 0.477. The molecule has 1 unspecified atom stereocenters. The summed E-state index contributed by atoms with van der Waals surface area (Å²) in [7, 11) is 0. The average Bonchev–Trinajstić information content (AvgIpc) is 2.35. The van der Waals surface area contributed by atoms with Crippen LogP contribution in [0.15, 0.2) is 0 Å². The van der Waals surface area contributed by atoms with Gasteiger partial charge in [0.15, 0.2) is 0 Å². The lowest BCUT2D eigenvalue weighted by Gasteiger charge is -2.22. The van der Waals surface area contributed by atoms with E-state index in [1.807, 2.05) is 0 Å². The SMILES string of the molecule is CCCCC(CC)CCCC1CCCCC1. The van der Waals surface area contributed by atoms with Gasteiger partial charge in [0.1, 0.15) is 0 Å². The van der Waals surface area contributed by atoms with Crippen LogP contribution in [-0.2, 0) is 0 Å². The van der Waals surface area contributed by atoms with Gasteiger partial charge in [0.2, 0.25) is 0 Å². The van der Waals surface area contributed by atoms with E-state index in [1.165, 1.54) is 77.0 Å². The summed E-state index contributed by atoms with van der Waals surface area (Å²) in [5, 5.41) is 0. The summed E-state index contributed by atoms with van der Waals surface area (Å²) in [4.78, 5) is 0. The molecule has 0 aromatic carbocycles. The Morgan fingerprint density at radius 2 is 1.62 bits per heavy atom. The molecule has 0 heteroatoms. The molecule has 1 aliphatic rings. The first-order valence-corrected chi connectivity index (χ1v) is 7.86. The first-order valence-electron chi connectivity index (χ1n) is 7.86. The van der Waals surface area contributed by atoms with E-state index in [4.69, 9.17) is 0 Å². The summed E-state index contributed by atoms with van der Waals surface area (Å²) >= 11 is 0. The molecule has 1 aliphatic carbocycles. The molecule has 0 bridgehead atoms. The maximum absolute atomic E-state index is 2.38. The van der Waals surface area contributed by atoms with E-state index in [9.17, 15) is 0 Å². The van der Waals surface area contributed by atoms with Crippen LogP contribution in [0.1, 0.15) is 90.9 Å². The molecule has 1 rings (SSSR count). The molecule has 0 amide bonds. The predicted molar refractivity (Wildman–Crippen MR) is 73.7 cm³/mol. The van der Waals surface area contributed by atoms with Crippen molar-refractivity contribution in [2.45, 2.75) is 90.9 Å². The summed E-state index contributed by atoms with van der Waals surface area (Å²) in [6.45, 7) is 4.69. The third-order valence-corrected chi connectivity index (χ3v) is 4.49.